The molecule has 0 aromatic heterocycles. The molecule has 3 aliphatic rings. The van der Waals surface area contributed by atoms with Gasteiger partial charge in [-0.15, -0.1) is 47.0 Å². The van der Waals surface area contributed by atoms with Crippen LogP contribution in [-0.2, 0) is 0 Å². The second kappa shape index (κ2) is 6.32. The van der Waals surface area contributed by atoms with Crippen molar-refractivity contribution in [2.24, 2.45) is 11.3 Å². The van der Waals surface area contributed by atoms with Crippen molar-refractivity contribution in [2.45, 2.75) is 41.6 Å². The third kappa shape index (κ3) is 2.78. The first-order valence-electron chi connectivity index (χ1n) is 8.79. The highest BCUT2D eigenvalue weighted by Gasteiger charge is 2.60. The molecule has 134 valence electrons. The Morgan fingerprint density at radius 3 is 2.28 bits per heavy atom. The molecule has 0 amide bonds. The van der Waals surface area contributed by atoms with Crippen LogP contribution in [0.3, 0.4) is 0 Å². The number of thioether (sulfide) groups is 4. The number of fused-ring (bicyclic) bond motifs is 1. The fraction of sp³-hybridized carbons (Fsp3) is 0.524. The van der Waals surface area contributed by atoms with Crippen molar-refractivity contribution in [2.75, 3.05) is 12.5 Å². The van der Waals surface area contributed by atoms with E-state index < -0.39 is 0 Å². The van der Waals surface area contributed by atoms with Crippen molar-refractivity contribution in [3.8, 4) is 0 Å². The molecule has 4 atom stereocenters. The predicted octanol–water partition coefficient (Wildman–Crippen LogP) is 6.92. The summed E-state index contributed by atoms with van der Waals surface area (Å²) in [5, 5.41) is 1.37. The van der Waals surface area contributed by atoms with Gasteiger partial charge in [0.15, 0.2) is 0 Å². The lowest BCUT2D eigenvalue weighted by Gasteiger charge is -2.38. The van der Waals surface area contributed by atoms with Gasteiger partial charge in [-0.2, -0.15) is 0 Å². The van der Waals surface area contributed by atoms with Crippen molar-refractivity contribution < 1.29 is 0 Å². The maximum atomic E-state index is 2.62. The van der Waals surface area contributed by atoms with Crippen LogP contribution in [0.5, 0.6) is 0 Å². The summed E-state index contributed by atoms with van der Waals surface area (Å²) in [6.07, 6.45) is 7.20. The zero-order valence-electron chi connectivity index (χ0n) is 15.8. The molecule has 1 saturated heterocycles. The van der Waals surface area contributed by atoms with Crippen LogP contribution in [0.4, 0.5) is 0 Å². The number of rotatable bonds is 3. The maximum absolute atomic E-state index is 2.62. The molecule has 1 aliphatic carbocycles. The van der Waals surface area contributed by atoms with Crippen molar-refractivity contribution in [1.29, 1.82) is 0 Å². The fourth-order valence-electron chi connectivity index (χ4n) is 4.20. The highest BCUT2D eigenvalue weighted by molar-refractivity contribution is 8.37. The van der Waals surface area contributed by atoms with Crippen molar-refractivity contribution >= 4 is 52.6 Å². The van der Waals surface area contributed by atoms with E-state index in [0.717, 1.165) is 0 Å². The highest BCUT2D eigenvalue weighted by Crippen LogP contribution is 2.74. The molecule has 4 unspecified atom stereocenters. The summed E-state index contributed by atoms with van der Waals surface area (Å²) >= 11 is 8.47. The highest BCUT2D eigenvalue weighted by atomic mass is 32.3. The third-order valence-corrected chi connectivity index (χ3v) is 12.1. The topological polar surface area (TPSA) is 0 Å². The molecule has 2 heterocycles. The smallest absolute Gasteiger partial charge is 0.133 e. The van der Waals surface area contributed by atoms with Crippen molar-refractivity contribution in [3.05, 3.63) is 51.9 Å². The van der Waals surface area contributed by atoms with Gasteiger partial charge in [-0.05, 0) is 35.3 Å². The average Bonchev–Trinajstić information content (AvgIpc) is 3.07. The molecular formula is C21H26S4. The van der Waals surface area contributed by atoms with Crippen LogP contribution < -0.4 is 0 Å². The Morgan fingerprint density at radius 2 is 1.72 bits per heavy atom. The molecule has 1 aromatic carbocycles. The Bertz CT molecular complexity index is 753. The Hall–Kier alpha value is 0.1000. The summed E-state index contributed by atoms with van der Waals surface area (Å²) in [7, 11) is 0. The van der Waals surface area contributed by atoms with Gasteiger partial charge < -0.3 is 0 Å². The molecule has 1 aromatic rings. The zero-order valence-corrected chi connectivity index (χ0v) is 19.0. The van der Waals surface area contributed by atoms with Crippen LogP contribution in [0.1, 0.15) is 31.9 Å². The molecule has 25 heavy (non-hydrogen) atoms. The quantitative estimate of drug-likeness (QED) is 0.499. The maximum Gasteiger partial charge on any atom is 0.134 e. The summed E-state index contributed by atoms with van der Waals surface area (Å²) in [6, 6.07) is 9.19. The minimum Gasteiger partial charge on any atom is -0.133 e. The van der Waals surface area contributed by atoms with Gasteiger partial charge in [0.25, 0.3) is 0 Å². The molecule has 0 radical (unpaired) electrons. The van der Waals surface area contributed by atoms with Crippen LogP contribution in [-0.4, -0.2) is 26.4 Å². The van der Waals surface area contributed by atoms with Gasteiger partial charge in [0.05, 0.1) is 0 Å². The van der Waals surface area contributed by atoms with Gasteiger partial charge in [0, 0.05) is 22.0 Å². The van der Waals surface area contributed by atoms with E-state index in [1.165, 1.54) is 11.1 Å². The number of aryl methyl sites for hydroxylation is 1. The van der Waals surface area contributed by atoms with E-state index in [0.29, 0.717) is 16.4 Å². The number of hydrogen-bond acceptors (Lipinski definition) is 4. The van der Waals surface area contributed by atoms with Crippen LogP contribution >= 0.6 is 47.0 Å². The fourth-order valence-corrected chi connectivity index (χ4v) is 11.4. The first kappa shape index (κ1) is 18.5. The zero-order chi connectivity index (χ0) is 18.0. The minimum absolute atomic E-state index is 0.143. The molecule has 4 heteroatoms. The van der Waals surface area contributed by atoms with E-state index in [-0.39, 0.29) is 8.83 Å². The third-order valence-electron chi connectivity index (χ3n) is 5.44. The van der Waals surface area contributed by atoms with Gasteiger partial charge in [0.1, 0.15) is 3.41 Å². The van der Waals surface area contributed by atoms with Gasteiger partial charge in [-0.1, -0.05) is 62.2 Å². The lowest BCUT2D eigenvalue weighted by molar-refractivity contribution is 0.494. The van der Waals surface area contributed by atoms with E-state index in [1.54, 1.807) is 16.1 Å². The van der Waals surface area contributed by atoms with Gasteiger partial charge in [-0.25, -0.2) is 0 Å². The average molecular weight is 407 g/mol. The number of benzene rings is 1. The molecule has 0 saturated carbocycles. The lowest BCUT2D eigenvalue weighted by atomic mass is 9.86. The van der Waals surface area contributed by atoms with Crippen molar-refractivity contribution in [1.82, 2.24) is 0 Å². The van der Waals surface area contributed by atoms with Gasteiger partial charge in [0.2, 0.25) is 0 Å². The van der Waals surface area contributed by atoms with E-state index in [2.05, 4.69) is 94.1 Å². The van der Waals surface area contributed by atoms with Crippen LogP contribution in [0.15, 0.2) is 40.8 Å². The van der Waals surface area contributed by atoms with Crippen LogP contribution in [0.25, 0.3) is 5.57 Å². The summed E-state index contributed by atoms with van der Waals surface area (Å²) in [5.41, 5.74) is 6.27. The molecule has 4 rings (SSSR count). The second-order valence-corrected chi connectivity index (χ2v) is 13.5. The molecule has 2 bridgehead atoms. The van der Waals surface area contributed by atoms with Gasteiger partial charge in [-0.3, -0.25) is 0 Å². The largest absolute Gasteiger partial charge is 0.134 e. The molecule has 0 nitrogen and oxygen atoms in total. The Morgan fingerprint density at radius 1 is 1.04 bits per heavy atom. The first-order chi connectivity index (χ1) is 11.8. The Kier molecular flexibility index (Phi) is 4.67. The Labute approximate surface area is 169 Å². The summed E-state index contributed by atoms with van der Waals surface area (Å²) in [6.45, 7) is 9.32. The van der Waals surface area contributed by atoms with E-state index in [9.17, 15) is 0 Å². The number of allylic oxidation sites excluding steroid dienone is 2. The van der Waals surface area contributed by atoms with Crippen LogP contribution in [0, 0.1) is 18.3 Å². The Balaban J connectivity index is 1.91. The van der Waals surface area contributed by atoms with Crippen molar-refractivity contribution in [3.63, 3.8) is 0 Å². The van der Waals surface area contributed by atoms with E-state index in [4.69, 9.17) is 0 Å². The first-order valence-corrected chi connectivity index (χ1v) is 13.0. The van der Waals surface area contributed by atoms with Gasteiger partial charge >= 0.3 is 0 Å². The molecule has 0 N–H and O–H groups in total. The predicted molar refractivity (Wildman–Crippen MR) is 122 cm³/mol. The summed E-state index contributed by atoms with van der Waals surface area (Å²) in [4.78, 5) is 1.61. The van der Waals surface area contributed by atoms with Crippen LogP contribution in [0.2, 0.25) is 0 Å². The molecule has 1 fully saturated rings. The second-order valence-electron chi connectivity index (χ2n) is 8.09. The normalized spacial score (nSPS) is 33.8. The monoisotopic (exact) mass is 406 g/mol. The minimum atomic E-state index is 0.143. The summed E-state index contributed by atoms with van der Waals surface area (Å²) in [5.74, 6) is 0.589. The van der Waals surface area contributed by atoms with E-state index in [1.807, 2.05) is 23.5 Å². The van der Waals surface area contributed by atoms with E-state index >= 15 is 0 Å². The molecule has 2 aliphatic heterocycles. The molecule has 0 spiro atoms. The SMILES string of the molecule is CSC1=C(c2ccc(C)cc2)C2(SC)SC3C(C(C)(C)C)=CC1C3S2. The standard InChI is InChI=1S/C21H26S4/c1-12-7-9-13(10-8-12)16-17(22-5)14-11-15(20(2,3)4)19-18(14)24-21(16,23-6)25-19/h7-11,14,18-19H,1-6H3. The lowest BCUT2D eigenvalue weighted by Crippen LogP contribution is -2.26. The summed E-state index contributed by atoms with van der Waals surface area (Å²) < 4.78 is 0.143. The number of hydrogen-bond donors (Lipinski definition) is 0. The molecular weight excluding hydrogens is 380 g/mol.